The maximum atomic E-state index is 13.2. The van der Waals surface area contributed by atoms with Crippen molar-refractivity contribution in [3.05, 3.63) is 78.0 Å². The van der Waals surface area contributed by atoms with Crippen molar-refractivity contribution in [2.45, 2.75) is 0 Å². The van der Waals surface area contributed by atoms with Crippen LogP contribution in [0.3, 0.4) is 0 Å². The summed E-state index contributed by atoms with van der Waals surface area (Å²) in [7, 11) is 1.79. The average molecular weight is 404 g/mol. The van der Waals surface area contributed by atoms with E-state index in [0.29, 0.717) is 16.6 Å². The highest BCUT2D eigenvalue weighted by Crippen LogP contribution is 2.30. The molecule has 1 fully saturated rings. The summed E-state index contributed by atoms with van der Waals surface area (Å²) in [6.45, 7) is 0.167. The first-order chi connectivity index (χ1) is 14.1. The van der Waals surface area contributed by atoms with Gasteiger partial charge in [0.05, 0.1) is 12.3 Å². The Morgan fingerprint density at radius 3 is 2.62 bits per heavy atom. The molecule has 0 aromatic heterocycles. The summed E-state index contributed by atoms with van der Waals surface area (Å²) in [6.07, 6.45) is 1.79. The highest BCUT2D eigenvalue weighted by Gasteiger charge is 2.36. The quantitative estimate of drug-likeness (QED) is 0.518. The van der Waals surface area contributed by atoms with Crippen LogP contribution in [0, 0.1) is 0 Å². The van der Waals surface area contributed by atoms with E-state index < -0.39 is 0 Å². The van der Waals surface area contributed by atoms with Crippen LogP contribution in [0.5, 0.6) is 5.75 Å². The fraction of sp³-hybridized carbons (Fsp3) is 0.130. The van der Waals surface area contributed by atoms with Gasteiger partial charge in [0.25, 0.3) is 5.91 Å². The number of thiocarbonyl (C=S) groups is 1. The molecule has 0 radical (unpaired) electrons. The molecular weight excluding hydrogens is 384 g/mol. The van der Waals surface area contributed by atoms with E-state index in [9.17, 15) is 4.79 Å². The predicted molar refractivity (Wildman–Crippen MR) is 119 cm³/mol. The topological polar surface area (TPSA) is 53.0 Å². The zero-order valence-corrected chi connectivity index (χ0v) is 16.7. The van der Waals surface area contributed by atoms with Crippen molar-refractivity contribution < 1.29 is 14.6 Å². The summed E-state index contributed by atoms with van der Waals surface area (Å²) < 4.78 is 5.45. The Hall–Kier alpha value is -3.22. The third-order valence-electron chi connectivity index (χ3n) is 4.77. The molecule has 5 nitrogen and oxygen atoms in total. The monoisotopic (exact) mass is 404 g/mol. The lowest BCUT2D eigenvalue weighted by Crippen LogP contribution is -2.31. The van der Waals surface area contributed by atoms with E-state index in [-0.39, 0.29) is 19.1 Å². The second kappa shape index (κ2) is 8.03. The van der Waals surface area contributed by atoms with E-state index in [0.717, 1.165) is 22.0 Å². The van der Waals surface area contributed by atoms with Gasteiger partial charge in [-0.2, -0.15) is 0 Å². The number of benzene rings is 3. The van der Waals surface area contributed by atoms with E-state index in [1.807, 2.05) is 66.7 Å². The van der Waals surface area contributed by atoms with Crippen LogP contribution >= 0.6 is 12.2 Å². The Morgan fingerprint density at radius 1 is 1.03 bits per heavy atom. The first kappa shape index (κ1) is 19.1. The molecule has 1 aliphatic heterocycles. The molecule has 0 aliphatic carbocycles. The summed E-state index contributed by atoms with van der Waals surface area (Å²) >= 11 is 5.56. The Kier molecular flexibility index (Phi) is 5.29. The summed E-state index contributed by atoms with van der Waals surface area (Å²) in [4.78, 5) is 16.5. The van der Waals surface area contributed by atoms with Crippen molar-refractivity contribution in [2.24, 2.45) is 0 Å². The molecular formula is C23H20N2O3S. The first-order valence-electron chi connectivity index (χ1n) is 9.25. The third kappa shape index (κ3) is 3.72. The molecule has 29 heavy (non-hydrogen) atoms. The van der Waals surface area contributed by atoms with Gasteiger partial charge in [-0.1, -0.05) is 42.5 Å². The van der Waals surface area contributed by atoms with Gasteiger partial charge in [0.2, 0.25) is 0 Å². The Balaban J connectivity index is 1.67. The molecule has 0 unspecified atom stereocenters. The summed E-state index contributed by atoms with van der Waals surface area (Å²) in [5, 5.41) is 11.5. The molecule has 6 heteroatoms. The van der Waals surface area contributed by atoms with E-state index >= 15 is 0 Å². The minimum absolute atomic E-state index is 0.0540. The van der Waals surface area contributed by atoms with Crippen LogP contribution in [0.2, 0.25) is 0 Å². The van der Waals surface area contributed by atoms with Crippen molar-refractivity contribution in [3.63, 3.8) is 0 Å². The zero-order valence-electron chi connectivity index (χ0n) is 15.9. The van der Waals surface area contributed by atoms with Gasteiger partial charge >= 0.3 is 0 Å². The van der Waals surface area contributed by atoms with Gasteiger partial charge in [-0.15, -0.1) is 0 Å². The Bertz CT molecular complexity index is 1130. The number of carbonyl (C=O) groups is 1. The predicted octanol–water partition coefficient (Wildman–Crippen LogP) is 3.82. The minimum atomic E-state index is -0.172. The van der Waals surface area contributed by atoms with Gasteiger partial charge in [0.1, 0.15) is 18.1 Å². The van der Waals surface area contributed by atoms with Gasteiger partial charge in [-0.05, 0) is 58.9 Å². The molecule has 4 rings (SSSR count). The molecule has 3 aromatic rings. The normalized spacial score (nSPS) is 15.6. The van der Waals surface area contributed by atoms with Gasteiger partial charge in [0.15, 0.2) is 5.11 Å². The summed E-state index contributed by atoms with van der Waals surface area (Å²) in [6, 6.07) is 21.2. The number of likely N-dealkylation sites (N-methyl/N-ethyl adjacent to an activating group) is 1. The molecule has 1 saturated heterocycles. The molecule has 146 valence electrons. The number of fused-ring (bicyclic) bond motifs is 1. The van der Waals surface area contributed by atoms with Crippen molar-refractivity contribution in [1.29, 1.82) is 0 Å². The van der Waals surface area contributed by atoms with Gasteiger partial charge < -0.3 is 14.7 Å². The van der Waals surface area contributed by atoms with Crippen LogP contribution in [0.15, 0.2) is 72.4 Å². The third-order valence-corrected chi connectivity index (χ3v) is 5.23. The molecule has 0 atom stereocenters. The van der Waals surface area contributed by atoms with Crippen molar-refractivity contribution in [1.82, 2.24) is 4.90 Å². The lowest BCUT2D eigenvalue weighted by Gasteiger charge is -2.17. The van der Waals surface area contributed by atoms with Crippen molar-refractivity contribution in [2.75, 3.05) is 25.2 Å². The lowest BCUT2D eigenvalue weighted by molar-refractivity contribution is -0.114. The minimum Gasteiger partial charge on any atom is -0.491 e. The van der Waals surface area contributed by atoms with Crippen LogP contribution in [0.4, 0.5) is 5.69 Å². The molecule has 0 bridgehead atoms. The standard InChI is InChI=1S/C23H20N2O3S/c1-24-21(14-16-5-4-8-20(13-16)28-12-11-26)22(27)25(23(24)29)19-10-9-17-6-2-3-7-18(17)15-19/h2-10,13-15,26H,11-12H2,1H3. The second-order valence-corrected chi connectivity index (χ2v) is 7.05. The molecule has 1 aliphatic rings. The zero-order chi connectivity index (χ0) is 20.4. The number of hydrogen-bond donors (Lipinski definition) is 1. The summed E-state index contributed by atoms with van der Waals surface area (Å²) in [5.74, 6) is 0.463. The SMILES string of the molecule is CN1C(=S)N(c2ccc3ccccc3c2)C(=O)C1=Cc1cccc(OCCO)c1. The number of carbonyl (C=O) groups excluding carboxylic acids is 1. The maximum Gasteiger partial charge on any atom is 0.281 e. The number of nitrogens with zero attached hydrogens (tertiary/aromatic N) is 2. The summed E-state index contributed by atoms with van der Waals surface area (Å²) in [5.41, 5.74) is 2.05. The van der Waals surface area contributed by atoms with Crippen LogP contribution in [0.25, 0.3) is 16.8 Å². The highest BCUT2D eigenvalue weighted by molar-refractivity contribution is 7.80. The number of aliphatic hydroxyl groups is 1. The molecule has 1 N–H and O–H groups in total. The van der Waals surface area contributed by atoms with Gasteiger partial charge in [0, 0.05) is 7.05 Å². The molecule has 1 heterocycles. The number of anilines is 1. The second-order valence-electron chi connectivity index (χ2n) is 6.69. The van der Waals surface area contributed by atoms with E-state index in [1.54, 1.807) is 22.9 Å². The van der Waals surface area contributed by atoms with E-state index in [4.69, 9.17) is 22.1 Å². The van der Waals surface area contributed by atoms with Gasteiger partial charge in [-0.3, -0.25) is 9.69 Å². The lowest BCUT2D eigenvalue weighted by atomic mass is 10.1. The van der Waals surface area contributed by atoms with E-state index in [1.165, 1.54) is 0 Å². The maximum absolute atomic E-state index is 13.2. The Morgan fingerprint density at radius 2 is 1.83 bits per heavy atom. The van der Waals surface area contributed by atoms with Crippen LogP contribution in [-0.4, -0.2) is 41.3 Å². The van der Waals surface area contributed by atoms with Crippen LogP contribution in [0.1, 0.15) is 5.56 Å². The number of rotatable bonds is 5. The fourth-order valence-electron chi connectivity index (χ4n) is 3.32. The van der Waals surface area contributed by atoms with E-state index in [2.05, 4.69) is 0 Å². The van der Waals surface area contributed by atoms with Crippen LogP contribution in [-0.2, 0) is 4.79 Å². The van der Waals surface area contributed by atoms with Crippen LogP contribution < -0.4 is 9.64 Å². The fourth-order valence-corrected chi connectivity index (χ4v) is 3.60. The number of ether oxygens (including phenoxy) is 1. The average Bonchev–Trinajstić information content (AvgIpc) is 2.95. The molecule has 0 saturated carbocycles. The largest absolute Gasteiger partial charge is 0.491 e. The number of amides is 1. The highest BCUT2D eigenvalue weighted by atomic mass is 32.1. The smallest absolute Gasteiger partial charge is 0.281 e. The van der Waals surface area contributed by atoms with Crippen molar-refractivity contribution >= 4 is 45.8 Å². The first-order valence-corrected chi connectivity index (χ1v) is 9.65. The molecule has 1 amide bonds. The van der Waals surface area contributed by atoms with Gasteiger partial charge in [-0.25, -0.2) is 0 Å². The van der Waals surface area contributed by atoms with Crippen molar-refractivity contribution in [3.8, 4) is 5.75 Å². The molecule has 0 spiro atoms. The molecule has 3 aromatic carbocycles. The number of hydrogen-bond acceptors (Lipinski definition) is 4. The Labute approximate surface area is 174 Å². The number of aliphatic hydroxyl groups excluding tert-OH is 1.